The third-order valence-corrected chi connectivity index (χ3v) is 6.71. The number of rotatable bonds is 2. The van der Waals surface area contributed by atoms with E-state index in [1.807, 2.05) is 57.2 Å². The predicted octanol–water partition coefficient (Wildman–Crippen LogP) is 6.68. The molecule has 1 fully saturated rings. The van der Waals surface area contributed by atoms with E-state index in [1.54, 1.807) is 0 Å². The summed E-state index contributed by atoms with van der Waals surface area (Å²) in [6, 6.07) is 14.1. The topological polar surface area (TPSA) is 12.4 Å². The van der Waals surface area contributed by atoms with Crippen molar-refractivity contribution in [1.82, 2.24) is 0 Å². The Bertz CT molecular complexity index is 926. The van der Waals surface area contributed by atoms with Gasteiger partial charge in [0.1, 0.15) is 0 Å². The first kappa shape index (κ1) is 19.2. The lowest BCUT2D eigenvalue weighted by molar-refractivity contribution is -0.156. The first-order valence-electron chi connectivity index (χ1n) is 9.99. The lowest BCUT2D eigenvalue weighted by Crippen LogP contribution is -2.56. The Morgan fingerprint density at radius 2 is 1.57 bits per heavy atom. The average molecular weight is 385 g/mol. The van der Waals surface area contributed by atoms with Gasteiger partial charge < -0.3 is 0 Å². The SMILES string of the molecule is Cc1ccc(C2=N[C@@]3(CC(F)(F)F)CCCC[C@@]3(C)c3cc(C)ccc32)cc1. The van der Waals surface area contributed by atoms with Crippen LogP contribution in [-0.2, 0) is 5.41 Å². The molecule has 0 bridgehead atoms. The minimum atomic E-state index is -4.25. The standard InChI is InChI=1S/C24H26F3N/c1-16-6-9-18(10-7-16)21-19-11-8-17(2)14-20(19)22(3)12-4-5-13-23(22,28-21)15-24(25,26)27/h6-11,14H,4-5,12-13,15H2,1-3H3/t22-,23+/m0/s1. The van der Waals surface area contributed by atoms with E-state index in [2.05, 4.69) is 6.07 Å². The van der Waals surface area contributed by atoms with E-state index < -0.39 is 23.6 Å². The fraction of sp³-hybridized carbons (Fsp3) is 0.458. The highest BCUT2D eigenvalue weighted by molar-refractivity contribution is 6.15. The van der Waals surface area contributed by atoms with Crippen LogP contribution in [0, 0.1) is 13.8 Å². The lowest BCUT2D eigenvalue weighted by atomic mass is 9.55. The number of fused-ring (bicyclic) bond motifs is 3. The predicted molar refractivity (Wildman–Crippen MR) is 107 cm³/mol. The molecule has 0 aromatic heterocycles. The monoisotopic (exact) mass is 385 g/mol. The van der Waals surface area contributed by atoms with E-state index in [9.17, 15) is 13.2 Å². The molecule has 0 saturated heterocycles. The van der Waals surface area contributed by atoms with Gasteiger partial charge in [-0.05, 0) is 32.3 Å². The second kappa shape index (κ2) is 6.47. The molecule has 148 valence electrons. The second-order valence-electron chi connectivity index (χ2n) is 8.74. The molecule has 2 aliphatic rings. The molecule has 28 heavy (non-hydrogen) atoms. The number of aryl methyl sites for hydroxylation is 2. The van der Waals surface area contributed by atoms with E-state index in [4.69, 9.17) is 4.99 Å². The molecule has 0 unspecified atom stereocenters. The normalized spacial score (nSPS) is 27.0. The van der Waals surface area contributed by atoms with Crippen molar-refractivity contribution in [2.45, 2.75) is 70.0 Å². The van der Waals surface area contributed by atoms with Crippen molar-refractivity contribution in [3.63, 3.8) is 0 Å². The number of halogens is 3. The van der Waals surface area contributed by atoms with E-state index in [0.717, 1.165) is 47.1 Å². The zero-order valence-electron chi connectivity index (χ0n) is 16.7. The highest BCUT2D eigenvalue weighted by Gasteiger charge is 2.58. The van der Waals surface area contributed by atoms with Crippen molar-refractivity contribution >= 4 is 5.71 Å². The molecule has 2 atom stereocenters. The summed E-state index contributed by atoms with van der Waals surface area (Å²) in [6.07, 6.45) is -2.16. The molecule has 1 aliphatic heterocycles. The number of hydrogen-bond donors (Lipinski definition) is 0. The Morgan fingerprint density at radius 3 is 2.25 bits per heavy atom. The third-order valence-electron chi connectivity index (χ3n) is 6.71. The lowest BCUT2D eigenvalue weighted by Gasteiger charge is -2.53. The molecule has 4 rings (SSSR count). The summed E-state index contributed by atoms with van der Waals surface area (Å²) in [5.41, 5.74) is 4.08. The number of nitrogens with zero attached hydrogens (tertiary/aromatic N) is 1. The Kier molecular flexibility index (Phi) is 4.44. The molecule has 0 spiro atoms. The highest BCUT2D eigenvalue weighted by atomic mass is 19.4. The van der Waals surface area contributed by atoms with Gasteiger partial charge in [0.2, 0.25) is 0 Å². The van der Waals surface area contributed by atoms with E-state index in [0.29, 0.717) is 12.1 Å². The van der Waals surface area contributed by atoms with Gasteiger partial charge in [-0.3, -0.25) is 4.99 Å². The molecule has 1 heterocycles. The van der Waals surface area contributed by atoms with Crippen LogP contribution in [0.3, 0.4) is 0 Å². The van der Waals surface area contributed by atoms with Gasteiger partial charge in [0.05, 0.1) is 17.7 Å². The summed E-state index contributed by atoms with van der Waals surface area (Å²) in [5, 5.41) is 0. The highest BCUT2D eigenvalue weighted by Crippen LogP contribution is 2.56. The summed E-state index contributed by atoms with van der Waals surface area (Å²) in [5.74, 6) is 0. The fourth-order valence-corrected chi connectivity index (χ4v) is 5.15. The van der Waals surface area contributed by atoms with Crippen molar-refractivity contribution in [3.8, 4) is 0 Å². The van der Waals surface area contributed by atoms with Gasteiger partial charge >= 0.3 is 6.18 Å². The number of hydrogen-bond acceptors (Lipinski definition) is 1. The molecule has 0 N–H and O–H groups in total. The van der Waals surface area contributed by atoms with Crippen molar-refractivity contribution in [2.75, 3.05) is 0 Å². The molecule has 0 amide bonds. The van der Waals surface area contributed by atoms with E-state index in [1.165, 1.54) is 0 Å². The van der Waals surface area contributed by atoms with Crippen molar-refractivity contribution in [1.29, 1.82) is 0 Å². The Labute approximate surface area is 164 Å². The van der Waals surface area contributed by atoms with Gasteiger partial charge in [-0.1, -0.05) is 73.4 Å². The largest absolute Gasteiger partial charge is 0.391 e. The first-order valence-corrected chi connectivity index (χ1v) is 9.99. The van der Waals surface area contributed by atoms with Gasteiger partial charge in [-0.2, -0.15) is 13.2 Å². The fourth-order valence-electron chi connectivity index (χ4n) is 5.15. The van der Waals surface area contributed by atoms with Gasteiger partial charge in [0.25, 0.3) is 0 Å². The van der Waals surface area contributed by atoms with Crippen LogP contribution in [0.15, 0.2) is 47.5 Å². The number of benzene rings is 2. The molecular weight excluding hydrogens is 359 g/mol. The van der Waals surface area contributed by atoms with Crippen LogP contribution >= 0.6 is 0 Å². The Morgan fingerprint density at radius 1 is 0.929 bits per heavy atom. The van der Waals surface area contributed by atoms with Gasteiger partial charge in [-0.15, -0.1) is 0 Å². The molecule has 1 nitrogen and oxygen atoms in total. The Hall–Kier alpha value is -2.10. The number of alkyl halides is 3. The zero-order chi connectivity index (χ0) is 20.2. The van der Waals surface area contributed by atoms with Crippen LogP contribution in [0.1, 0.15) is 66.8 Å². The van der Waals surface area contributed by atoms with E-state index in [-0.39, 0.29) is 0 Å². The van der Waals surface area contributed by atoms with Crippen LogP contribution < -0.4 is 0 Å². The van der Waals surface area contributed by atoms with Crippen molar-refractivity contribution in [3.05, 3.63) is 70.3 Å². The summed E-state index contributed by atoms with van der Waals surface area (Å²) < 4.78 is 41.2. The zero-order valence-corrected chi connectivity index (χ0v) is 16.7. The Balaban J connectivity index is 2.00. The van der Waals surface area contributed by atoms with Gasteiger partial charge in [0, 0.05) is 16.5 Å². The summed E-state index contributed by atoms with van der Waals surface area (Å²) >= 11 is 0. The third kappa shape index (κ3) is 3.07. The smallest absolute Gasteiger partial charge is 0.276 e. The molecular formula is C24H26F3N. The molecule has 2 aromatic rings. The first-order chi connectivity index (χ1) is 13.1. The number of aliphatic imine (C=N–C) groups is 1. The van der Waals surface area contributed by atoms with Crippen LogP contribution in [0.2, 0.25) is 0 Å². The van der Waals surface area contributed by atoms with Crippen molar-refractivity contribution in [2.24, 2.45) is 4.99 Å². The van der Waals surface area contributed by atoms with Crippen molar-refractivity contribution < 1.29 is 13.2 Å². The second-order valence-corrected chi connectivity index (χ2v) is 8.74. The summed E-state index contributed by atoms with van der Waals surface area (Å²) in [7, 11) is 0. The summed E-state index contributed by atoms with van der Waals surface area (Å²) in [6.45, 7) is 6.02. The molecule has 1 aliphatic carbocycles. The van der Waals surface area contributed by atoms with Crippen LogP contribution in [0.25, 0.3) is 0 Å². The maximum Gasteiger partial charge on any atom is 0.391 e. The minimum Gasteiger partial charge on any atom is -0.276 e. The quantitative estimate of drug-likeness (QED) is 0.547. The summed E-state index contributed by atoms with van der Waals surface area (Å²) in [4.78, 5) is 4.96. The molecule has 1 saturated carbocycles. The minimum absolute atomic E-state index is 0.478. The maximum atomic E-state index is 13.7. The molecule has 0 radical (unpaired) electrons. The average Bonchev–Trinajstić information content (AvgIpc) is 2.61. The van der Waals surface area contributed by atoms with Crippen LogP contribution in [0.5, 0.6) is 0 Å². The molecule has 4 heteroatoms. The van der Waals surface area contributed by atoms with Gasteiger partial charge in [-0.25, -0.2) is 0 Å². The van der Waals surface area contributed by atoms with Gasteiger partial charge in [0.15, 0.2) is 0 Å². The van der Waals surface area contributed by atoms with Crippen LogP contribution in [-0.4, -0.2) is 17.4 Å². The van der Waals surface area contributed by atoms with Crippen LogP contribution in [0.4, 0.5) is 13.2 Å². The maximum absolute atomic E-state index is 13.7. The molecule has 2 aromatic carbocycles. The van der Waals surface area contributed by atoms with E-state index >= 15 is 0 Å².